The van der Waals surface area contributed by atoms with Crippen LogP contribution < -0.4 is 5.73 Å². The van der Waals surface area contributed by atoms with Crippen LogP contribution in [0.1, 0.15) is 26.3 Å². The summed E-state index contributed by atoms with van der Waals surface area (Å²) in [4.78, 5) is 21.5. The van der Waals surface area contributed by atoms with Crippen molar-refractivity contribution in [3.8, 4) is 6.07 Å². The quantitative estimate of drug-likeness (QED) is 0.655. The Morgan fingerprint density at radius 1 is 1.57 bits per heavy atom. The molecule has 2 N–H and O–H groups in total. The third-order valence-electron chi connectivity index (χ3n) is 1.62. The van der Waals surface area contributed by atoms with E-state index in [0.717, 1.165) is 0 Å². The normalized spacial score (nSPS) is 9.14. The van der Waals surface area contributed by atoms with Gasteiger partial charge in [-0.1, -0.05) is 0 Å². The van der Waals surface area contributed by atoms with Crippen LogP contribution in [0.4, 0.5) is 0 Å². The summed E-state index contributed by atoms with van der Waals surface area (Å²) in [5.41, 5.74) is 5.75. The van der Waals surface area contributed by atoms with Crippen LogP contribution in [0.5, 0.6) is 0 Å². The van der Waals surface area contributed by atoms with Gasteiger partial charge < -0.3 is 5.73 Å². The standard InChI is InChI=1S/C9H5IN2O2/c10-7-2-5(4-13)1-6(3-11)8(7)9(12)14/h1-2,4H,(H2,12,14). The maximum absolute atomic E-state index is 11.0. The fraction of sp³-hybridized carbons (Fsp3) is 0. The molecule has 0 aliphatic heterocycles. The van der Waals surface area contributed by atoms with Crippen LogP contribution >= 0.6 is 22.6 Å². The molecular weight excluding hydrogens is 295 g/mol. The third kappa shape index (κ3) is 1.90. The number of hydrogen-bond acceptors (Lipinski definition) is 3. The van der Waals surface area contributed by atoms with Crippen LogP contribution in [-0.4, -0.2) is 12.2 Å². The molecule has 1 rings (SSSR count). The molecule has 0 heterocycles. The number of amides is 1. The van der Waals surface area contributed by atoms with Crippen molar-refractivity contribution in [3.05, 3.63) is 32.4 Å². The molecule has 0 aromatic heterocycles. The van der Waals surface area contributed by atoms with Crippen LogP contribution in [0.2, 0.25) is 0 Å². The number of aldehydes is 1. The molecule has 0 saturated carbocycles. The van der Waals surface area contributed by atoms with Gasteiger partial charge in [-0.05, 0) is 34.7 Å². The van der Waals surface area contributed by atoms with Crippen molar-refractivity contribution in [1.82, 2.24) is 0 Å². The summed E-state index contributed by atoms with van der Waals surface area (Å²) in [7, 11) is 0. The number of nitriles is 1. The number of nitrogens with zero attached hydrogens (tertiary/aromatic N) is 1. The summed E-state index contributed by atoms with van der Waals surface area (Å²) in [6.45, 7) is 0. The predicted octanol–water partition coefficient (Wildman–Crippen LogP) is 1.07. The van der Waals surface area contributed by atoms with Gasteiger partial charge in [0.25, 0.3) is 5.91 Å². The van der Waals surface area contributed by atoms with Crippen molar-refractivity contribution >= 4 is 34.8 Å². The van der Waals surface area contributed by atoms with E-state index in [1.807, 2.05) is 28.7 Å². The van der Waals surface area contributed by atoms with Crippen molar-refractivity contribution in [2.24, 2.45) is 5.73 Å². The van der Waals surface area contributed by atoms with Gasteiger partial charge in [-0.25, -0.2) is 0 Å². The van der Waals surface area contributed by atoms with Crippen LogP contribution in [0.3, 0.4) is 0 Å². The number of primary amides is 1. The van der Waals surface area contributed by atoms with Crippen LogP contribution in [0, 0.1) is 14.9 Å². The first-order chi connectivity index (χ1) is 6.60. The molecule has 0 bridgehead atoms. The van der Waals surface area contributed by atoms with Crippen molar-refractivity contribution in [1.29, 1.82) is 5.26 Å². The number of hydrogen-bond donors (Lipinski definition) is 1. The lowest BCUT2D eigenvalue weighted by molar-refractivity contribution is 0.0998. The Kier molecular flexibility index (Phi) is 3.19. The Balaban J connectivity index is 3.52. The molecular formula is C9H5IN2O2. The summed E-state index contributed by atoms with van der Waals surface area (Å²) in [5.74, 6) is -0.664. The highest BCUT2D eigenvalue weighted by atomic mass is 127. The minimum absolute atomic E-state index is 0.131. The van der Waals surface area contributed by atoms with Crippen molar-refractivity contribution in [2.45, 2.75) is 0 Å². The van der Waals surface area contributed by atoms with Gasteiger partial charge in [0.05, 0.1) is 11.1 Å². The van der Waals surface area contributed by atoms with E-state index in [1.54, 1.807) is 0 Å². The highest BCUT2D eigenvalue weighted by Gasteiger charge is 2.13. The number of nitrogens with two attached hydrogens (primary N) is 1. The van der Waals surface area contributed by atoms with Gasteiger partial charge in [0.15, 0.2) is 0 Å². The van der Waals surface area contributed by atoms with E-state index >= 15 is 0 Å². The Morgan fingerprint density at radius 2 is 2.21 bits per heavy atom. The van der Waals surface area contributed by atoms with Gasteiger partial charge in [-0.3, -0.25) is 9.59 Å². The largest absolute Gasteiger partial charge is 0.366 e. The van der Waals surface area contributed by atoms with E-state index in [4.69, 9.17) is 11.0 Å². The first-order valence-corrected chi connectivity index (χ1v) is 4.66. The molecule has 5 heteroatoms. The second kappa shape index (κ2) is 4.19. The highest BCUT2D eigenvalue weighted by molar-refractivity contribution is 14.1. The van der Waals surface area contributed by atoms with Gasteiger partial charge in [0, 0.05) is 9.13 Å². The first-order valence-electron chi connectivity index (χ1n) is 3.58. The van der Waals surface area contributed by atoms with Crippen LogP contribution in [0.25, 0.3) is 0 Å². The zero-order valence-electron chi connectivity index (χ0n) is 6.95. The molecule has 0 radical (unpaired) electrons. The highest BCUT2D eigenvalue weighted by Crippen LogP contribution is 2.18. The number of halogens is 1. The third-order valence-corrected chi connectivity index (χ3v) is 2.47. The van der Waals surface area contributed by atoms with E-state index < -0.39 is 5.91 Å². The average molecular weight is 300 g/mol. The molecule has 14 heavy (non-hydrogen) atoms. The van der Waals surface area contributed by atoms with E-state index in [-0.39, 0.29) is 11.1 Å². The van der Waals surface area contributed by atoms with Gasteiger partial charge >= 0.3 is 0 Å². The molecule has 0 aliphatic rings. The van der Waals surface area contributed by atoms with E-state index in [2.05, 4.69) is 0 Å². The van der Waals surface area contributed by atoms with Gasteiger partial charge in [-0.2, -0.15) is 5.26 Å². The number of benzene rings is 1. The van der Waals surface area contributed by atoms with E-state index in [0.29, 0.717) is 15.4 Å². The molecule has 0 saturated heterocycles. The van der Waals surface area contributed by atoms with Crippen molar-refractivity contribution in [3.63, 3.8) is 0 Å². The minimum Gasteiger partial charge on any atom is -0.366 e. The minimum atomic E-state index is -0.664. The lowest BCUT2D eigenvalue weighted by Crippen LogP contribution is -2.15. The topological polar surface area (TPSA) is 83.9 Å². The predicted molar refractivity (Wildman–Crippen MR) is 57.8 cm³/mol. The fourth-order valence-electron chi connectivity index (χ4n) is 1.03. The smallest absolute Gasteiger partial charge is 0.251 e. The molecule has 1 aromatic carbocycles. The molecule has 0 fully saturated rings. The Morgan fingerprint density at radius 3 is 2.64 bits per heavy atom. The SMILES string of the molecule is N#Cc1cc(C=O)cc(I)c1C(N)=O. The van der Waals surface area contributed by atoms with Crippen LogP contribution in [0.15, 0.2) is 12.1 Å². The molecule has 0 spiro atoms. The lowest BCUT2D eigenvalue weighted by atomic mass is 10.1. The lowest BCUT2D eigenvalue weighted by Gasteiger charge is -2.03. The second-order valence-electron chi connectivity index (χ2n) is 2.52. The zero-order chi connectivity index (χ0) is 10.7. The molecule has 1 aromatic rings. The fourth-order valence-corrected chi connectivity index (χ4v) is 1.95. The molecule has 4 nitrogen and oxygen atoms in total. The Bertz CT molecular complexity index is 449. The summed E-state index contributed by atoms with van der Waals surface area (Å²) < 4.78 is 0.510. The summed E-state index contributed by atoms with van der Waals surface area (Å²) >= 11 is 1.86. The zero-order valence-corrected chi connectivity index (χ0v) is 9.11. The maximum atomic E-state index is 11.0. The number of carbonyl (C=O) groups excluding carboxylic acids is 2. The first kappa shape index (κ1) is 10.7. The summed E-state index contributed by atoms with van der Waals surface area (Å²) in [6, 6.07) is 4.68. The maximum Gasteiger partial charge on any atom is 0.251 e. The van der Waals surface area contributed by atoms with Crippen molar-refractivity contribution in [2.75, 3.05) is 0 Å². The van der Waals surface area contributed by atoms with Gasteiger partial charge in [0.2, 0.25) is 0 Å². The number of rotatable bonds is 2. The molecule has 70 valence electrons. The van der Waals surface area contributed by atoms with Gasteiger partial charge in [0.1, 0.15) is 12.4 Å². The monoisotopic (exact) mass is 300 g/mol. The summed E-state index contributed by atoms with van der Waals surface area (Å²) in [5, 5.41) is 8.73. The second-order valence-corrected chi connectivity index (χ2v) is 3.68. The van der Waals surface area contributed by atoms with Gasteiger partial charge in [-0.15, -0.1) is 0 Å². The number of carbonyl (C=O) groups is 2. The average Bonchev–Trinajstić information content (AvgIpc) is 2.15. The molecule has 1 amide bonds. The Labute approximate surface area is 93.8 Å². The molecule has 0 unspecified atom stereocenters. The molecule has 0 aliphatic carbocycles. The Hall–Kier alpha value is -1.42. The van der Waals surface area contributed by atoms with E-state index in [9.17, 15) is 9.59 Å². The van der Waals surface area contributed by atoms with E-state index in [1.165, 1.54) is 12.1 Å². The van der Waals surface area contributed by atoms with Crippen LogP contribution in [-0.2, 0) is 0 Å². The van der Waals surface area contributed by atoms with Crippen molar-refractivity contribution < 1.29 is 9.59 Å². The molecule has 0 atom stereocenters. The summed E-state index contributed by atoms with van der Waals surface area (Å²) in [6.07, 6.45) is 0.619.